The zero-order chi connectivity index (χ0) is 13.4. The summed E-state index contributed by atoms with van der Waals surface area (Å²) in [7, 11) is 2.15. The largest absolute Gasteiger partial charge is 0.350 e. The van der Waals surface area contributed by atoms with E-state index in [4.69, 9.17) is 5.73 Å². The Morgan fingerprint density at radius 2 is 2.05 bits per heavy atom. The van der Waals surface area contributed by atoms with Gasteiger partial charge in [0.25, 0.3) is 0 Å². The van der Waals surface area contributed by atoms with Crippen LogP contribution in [0.25, 0.3) is 10.9 Å². The Hall–Kier alpha value is -1.28. The van der Waals surface area contributed by atoms with Crippen LogP contribution >= 0.6 is 0 Å². The maximum atomic E-state index is 6.56. The van der Waals surface area contributed by atoms with E-state index in [2.05, 4.69) is 42.9 Å². The minimum absolute atomic E-state index is 0.207. The first-order chi connectivity index (χ1) is 9.22. The average molecular weight is 256 g/mol. The van der Waals surface area contributed by atoms with E-state index in [1.807, 2.05) is 0 Å². The zero-order valence-electron chi connectivity index (χ0n) is 12.0. The highest BCUT2D eigenvalue weighted by Crippen LogP contribution is 2.37. The van der Waals surface area contributed by atoms with Crippen LogP contribution in [-0.4, -0.2) is 4.57 Å². The molecule has 3 rings (SSSR count). The molecule has 1 atom stereocenters. The number of para-hydroxylation sites is 1. The Kier molecular flexibility index (Phi) is 3.36. The quantitative estimate of drug-likeness (QED) is 0.886. The molecule has 2 heteroatoms. The molecule has 1 heterocycles. The first kappa shape index (κ1) is 12.7. The smallest absolute Gasteiger partial charge is 0.0513 e. The number of rotatable bonds is 3. The third kappa shape index (κ3) is 2.08. The Morgan fingerprint density at radius 1 is 1.32 bits per heavy atom. The molecule has 0 amide bonds. The average Bonchev–Trinajstić information content (AvgIpc) is 3.06. The van der Waals surface area contributed by atoms with E-state index >= 15 is 0 Å². The maximum absolute atomic E-state index is 6.56. The molecule has 0 spiro atoms. The molecule has 2 aromatic rings. The van der Waals surface area contributed by atoms with E-state index in [0.29, 0.717) is 5.92 Å². The monoisotopic (exact) mass is 256 g/mol. The Labute approximate surface area is 115 Å². The van der Waals surface area contributed by atoms with Gasteiger partial charge < -0.3 is 10.3 Å². The fourth-order valence-corrected chi connectivity index (χ4v) is 3.70. The molecule has 0 aliphatic heterocycles. The van der Waals surface area contributed by atoms with E-state index in [-0.39, 0.29) is 6.04 Å². The summed E-state index contributed by atoms with van der Waals surface area (Å²) >= 11 is 0. The van der Waals surface area contributed by atoms with Crippen LogP contribution in [0.2, 0.25) is 0 Å². The van der Waals surface area contributed by atoms with Crippen LogP contribution in [0.3, 0.4) is 0 Å². The summed E-state index contributed by atoms with van der Waals surface area (Å²) in [6.07, 6.45) is 8.63. The van der Waals surface area contributed by atoms with Crippen LogP contribution in [0, 0.1) is 5.92 Å². The van der Waals surface area contributed by atoms with Crippen molar-refractivity contribution in [2.75, 3.05) is 0 Å². The van der Waals surface area contributed by atoms with Crippen LogP contribution in [0.1, 0.15) is 49.8 Å². The normalized spacial score (nSPS) is 18.3. The third-order valence-corrected chi connectivity index (χ3v) is 4.76. The number of nitrogens with zero attached hydrogens (tertiary/aromatic N) is 1. The van der Waals surface area contributed by atoms with Gasteiger partial charge in [-0.25, -0.2) is 0 Å². The van der Waals surface area contributed by atoms with E-state index < -0.39 is 0 Å². The number of aromatic nitrogens is 1. The van der Waals surface area contributed by atoms with E-state index in [1.54, 1.807) is 0 Å². The van der Waals surface area contributed by atoms with Crippen molar-refractivity contribution in [1.82, 2.24) is 4.57 Å². The first-order valence-corrected chi connectivity index (χ1v) is 7.54. The minimum atomic E-state index is 0.207. The molecule has 2 N–H and O–H groups in total. The predicted octanol–water partition coefficient (Wildman–Crippen LogP) is 3.93. The van der Waals surface area contributed by atoms with Gasteiger partial charge in [0.1, 0.15) is 0 Å². The molecule has 0 bridgehead atoms. The van der Waals surface area contributed by atoms with Crippen molar-refractivity contribution in [3.05, 3.63) is 35.5 Å². The van der Waals surface area contributed by atoms with Gasteiger partial charge in [-0.2, -0.15) is 0 Å². The van der Waals surface area contributed by atoms with E-state index in [1.165, 1.54) is 47.7 Å². The van der Waals surface area contributed by atoms with Gasteiger partial charge >= 0.3 is 0 Å². The number of fused-ring (bicyclic) bond motifs is 1. The molecule has 1 aromatic heterocycles. The molecule has 1 aromatic carbocycles. The molecule has 1 unspecified atom stereocenters. The fourth-order valence-electron chi connectivity index (χ4n) is 3.70. The lowest BCUT2D eigenvalue weighted by molar-refractivity contribution is 0.446. The summed E-state index contributed by atoms with van der Waals surface area (Å²) in [5.41, 5.74) is 10.7. The van der Waals surface area contributed by atoms with Crippen molar-refractivity contribution in [1.29, 1.82) is 0 Å². The number of nitrogens with two attached hydrogens (primary N) is 1. The van der Waals surface area contributed by atoms with Gasteiger partial charge in [0.15, 0.2) is 0 Å². The SMILES string of the molecule is CCc1cccc2c(C(N)C3CCCC3)cn(C)c12. The van der Waals surface area contributed by atoms with Gasteiger partial charge in [-0.15, -0.1) is 0 Å². The number of aryl methyl sites for hydroxylation is 2. The van der Waals surface area contributed by atoms with Crippen molar-refractivity contribution in [3.63, 3.8) is 0 Å². The van der Waals surface area contributed by atoms with Gasteiger partial charge in [-0.1, -0.05) is 38.0 Å². The molecule has 19 heavy (non-hydrogen) atoms. The Morgan fingerprint density at radius 3 is 2.74 bits per heavy atom. The summed E-state index contributed by atoms with van der Waals surface area (Å²) in [6.45, 7) is 2.22. The van der Waals surface area contributed by atoms with Crippen LogP contribution in [-0.2, 0) is 13.5 Å². The highest BCUT2D eigenvalue weighted by molar-refractivity contribution is 5.87. The molecule has 1 aliphatic carbocycles. The van der Waals surface area contributed by atoms with Crippen LogP contribution in [0.15, 0.2) is 24.4 Å². The Bertz CT molecular complexity index is 576. The molecular formula is C17H24N2. The lowest BCUT2D eigenvalue weighted by Gasteiger charge is -2.18. The zero-order valence-corrected chi connectivity index (χ0v) is 12.0. The summed E-state index contributed by atoms with van der Waals surface area (Å²) in [6, 6.07) is 6.84. The molecule has 0 saturated heterocycles. The summed E-state index contributed by atoms with van der Waals surface area (Å²) in [4.78, 5) is 0. The van der Waals surface area contributed by atoms with Crippen LogP contribution in [0.5, 0.6) is 0 Å². The van der Waals surface area contributed by atoms with Crippen molar-refractivity contribution in [3.8, 4) is 0 Å². The van der Waals surface area contributed by atoms with Gasteiger partial charge in [-0.05, 0) is 36.3 Å². The van der Waals surface area contributed by atoms with Crippen LogP contribution in [0.4, 0.5) is 0 Å². The molecule has 102 valence electrons. The minimum Gasteiger partial charge on any atom is -0.350 e. The summed E-state index contributed by atoms with van der Waals surface area (Å²) in [5, 5.41) is 1.36. The first-order valence-electron chi connectivity index (χ1n) is 7.54. The second-order valence-electron chi connectivity index (χ2n) is 5.93. The van der Waals surface area contributed by atoms with Crippen molar-refractivity contribution >= 4 is 10.9 Å². The maximum Gasteiger partial charge on any atom is 0.0513 e. The molecule has 0 radical (unpaired) electrons. The second-order valence-corrected chi connectivity index (χ2v) is 5.93. The van der Waals surface area contributed by atoms with E-state index in [9.17, 15) is 0 Å². The van der Waals surface area contributed by atoms with Gasteiger partial charge in [0.05, 0.1) is 5.52 Å². The van der Waals surface area contributed by atoms with Crippen LogP contribution < -0.4 is 5.73 Å². The molecule has 1 aliphatic rings. The topological polar surface area (TPSA) is 30.9 Å². The molecular weight excluding hydrogens is 232 g/mol. The van der Waals surface area contributed by atoms with Gasteiger partial charge in [0, 0.05) is 24.7 Å². The fraction of sp³-hybridized carbons (Fsp3) is 0.529. The third-order valence-electron chi connectivity index (χ3n) is 4.76. The van der Waals surface area contributed by atoms with Gasteiger partial charge in [-0.3, -0.25) is 0 Å². The highest BCUT2D eigenvalue weighted by Gasteiger charge is 2.25. The number of hydrogen-bond donors (Lipinski definition) is 1. The number of benzene rings is 1. The lowest BCUT2D eigenvalue weighted by Crippen LogP contribution is -2.18. The number of hydrogen-bond acceptors (Lipinski definition) is 1. The van der Waals surface area contributed by atoms with Crippen molar-refractivity contribution < 1.29 is 0 Å². The molecule has 1 saturated carbocycles. The molecule has 2 nitrogen and oxygen atoms in total. The second kappa shape index (κ2) is 5.01. The standard InChI is InChI=1S/C17H24N2/c1-3-12-9-6-10-14-15(11-19(2)17(12)14)16(18)13-7-4-5-8-13/h6,9-11,13,16H,3-5,7-8,18H2,1-2H3. The lowest BCUT2D eigenvalue weighted by atomic mass is 9.92. The van der Waals surface area contributed by atoms with Crippen molar-refractivity contribution in [2.45, 2.75) is 45.1 Å². The summed E-state index contributed by atoms with van der Waals surface area (Å²) < 4.78 is 2.26. The van der Waals surface area contributed by atoms with E-state index in [0.717, 1.165) is 6.42 Å². The van der Waals surface area contributed by atoms with Crippen molar-refractivity contribution in [2.24, 2.45) is 18.7 Å². The summed E-state index contributed by atoms with van der Waals surface area (Å²) in [5.74, 6) is 0.677. The highest BCUT2D eigenvalue weighted by atomic mass is 14.9. The molecule has 1 fully saturated rings. The Balaban J connectivity index is 2.09. The predicted molar refractivity (Wildman–Crippen MR) is 81.2 cm³/mol. The van der Waals surface area contributed by atoms with Gasteiger partial charge in [0.2, 0.25) is 0 Å².